The third-order valence-corrected chi connectivity index (χ3v) is 3.09. The minimum atomic E-state index is -3.34. The summed E-state index contributed by atoms with van der Waals surface area (Å²) in [5, 5.41) is 0. The fourth-order valence-corrected chi connectivity index (χ4v) is 2.03. The second-order valence-corrected chi connectivity index (χ2v) is 5.16. The van der Waals surface area contributed by atoms with E-state index >= 15 is 0 Å². The van der Waals surface area contributed by atoms with Crippen LogP contribution in [0.5, 0.6) is 0 Å². The van der Waals surface area contributed by atoms with Crippen LogP contribution in [0.25, 0.3) is 0 Å². The highest BCUT2D eigenvalue weighted by molar-refractivity contribution is 7.87. The fraction of sp³-hybridized carbons (Fsp3) is 1.00. The van der Waals surface area contributed by atoms with Gasteiger partial charge in [0.25, 0.3) is 10.2 Å². The lowest BCUT2D eigenvalue weighted by Crippen LogP contribution is -2.41. The van der Waals surface area contributed by atoms with Gasteiger partial charge in [0.1, 0.15) is 0 Å². The molecule has 0 saturated heterocycles. The van der Waals surface area contributed by atoms with Gasteiger partial charge in [-0.3, -0.25) is 0 Å². The van der Waals surface area contributed by atoms with Gasteiger partial charge in [0.2, 0.25) is 0 Å². The highest BCUT2D eigenvalue weighted by Crippen LogP contribution is 1.92. The van der Waals surface area contributed by atoms with Crippen molar-refractivity contribution in [1.29, 1.82) is 0 Å². The molecule has 1 atom stereocenters. The van der Waals surface area contributed by atoms with Crippen LogP contribution < -0.4 is 15.2 Å². The van der Waals surface area contributed by atoms with Crippen molar-refractivity contribution in [2.24, 2.45) is 5.73 Å². The van der Waals surface area contributed by atoms with Gasteiger partial charge in [0.05, 0.1) is 0 Å². The van der Waals surface area contributed by atoms with Crippen molar-refractivity contribution in [2.75, 3.05) is 6.54 Å². The maximum Gasteiger partial charge on any atom is 0.277 e. The number of rotatable bonds is 7. The molecule has 14 heavy (non-hydrogen) atoms. The summed E-state index contributed by atoms with van der Waals surface area (Å²) in [6.07, 6.45) is 1.52. The van der Waals surface area contributed by atoms with Crippen LogP contribution in [0.4, 0.5) is 0 Å². The van der Waals surface area contributed by atoms with Gasteiger partial charge in [0.15, 0.2) is 0 Å². The van der Waals surface area contributed by atoms with E-state index in [2.05, 4.69) is 9.44 Å². The number of hydrogen-bond donors (Lipinski definition) is 3. The molecule has 0 amide bonds. The van der Waals surface area contributed by atoms with Crippen LogP contribution in [-0.2, 0) is 10.2 Å². The van der Waals surface area contributed by atoms with E-state index in [1.165, 1.54) is 0 Å². The van der Waals surface area contributed by atoms with Gasteiger partial charge in [-0.25, -0.2) is 4.72 Å². The molecule has 0 aromatic heterocycles. The Morgan fingerprint density at radius 2 is 1.93 bits per heavy atom. The smallest absolute Gasteiger partial charge is 0.277 e. The second-order valence-electron chi connectivity index (χ2n) is 3.63. The van der Waals surface area contributed by atoms with Gasteiger partial charge < -0.3 is 5.73 Å². The molecule has 0 radical (unpaired) electrons. The first-order valence-corrected chi connectivity index (χ1v) is 6.38. The van der Waals surface area contributed by atoms with Crippen molar-refractivity contribution in [3.63, 3.8) is 0 Å². The maximum absolute atomic E-state index is 11.2. The Hall–Kier alpha value is -0.170. The van der Waals surface area contributed by atoms with Crippen molar-refractivity contribution in [3.05, 3.63) is 0 Å². The SMILES string of the molecule is CCC(N)CCNS(=O)(=O)NC(C)C. The Balaban J connectivity index is 3.77. The molecule has 0 heterocycles. The average molecular weight is 223 g/mol. The van der Waals surface area contributed by atoms with E-state index in [0.29, 0.717) is 13.0 Å². The molecule has 0 saturated carbocycles. The van der Waals surface area contributed by atoms with Crippen molar-refractivity contribution in [3.8, 4) is 0 Å². The van der Waals surface area contributed by atoms with E-state index in [4.69, 9.17) is 5.73 Å². The van der Waals surface area contributed by atoms with Crippen LogP contribution in [0, 0.1) is 0 Å². The summed E-state index contributed by atoms with van der Waals surface area (Å²) < 4.78 is 27.4. The zero-order valence-electron chi connectivity index (χ0n) is 9.08. The Kier molecular flexibility index (Phi) is 6.26. The van der Waals surface area contributed by atoms with E-state index in [9.17, 15) is 8.42 Å². The van der Waals surface area contributed by atoms with E-state index in [0.717, 1.165) is 6.42 Å². The molecule has 5 nitrogen and oxygen atoms in total. The second kappa shape index (κ2) is 6.34. The lowest BCUT2D eigenvalue weighted by molar-refractivity contribution is 0.539. The molecule has 0 bridgehead atoms. The summed E-state index contributed by atoms with van der Waals surface area (Å²) in [5.41, 5.74) is 5.65. The molecule has 0 fully saturated rings. The van der Waals surface area contributed by atoms with Crippen molar-refractivity contribution >= 4 is 10.2 Å². The van der Waals surface area contributed by atoms with Crippen LogP contribution in [0.2, 0.25) is 0 Å². The molecular formula is C8H21N3O2S. The molecule has 0 aromatic rings. The molecule has 4 N–H and O–H groups in total. The Morgan fingerprint density at radius 1 is 1.36 bits per heavy atom. The molecule has 0 aliphatic carbocycles. The number of nitrogens with two attached hydrogens (primary N) is 1. The van der Waals surface area contributed by atoms with Crippen LogP contribution >= 0.6 is 0 Å². The van der Waals surface area contributed by atoms with Gasteiger partial charge in [-0.05, 0) is 26.7 Å². The third kappa shape index (κ3) is 7.25. The predicted octanol–water partition coefficient (Wildman–Crippen LogP) is -0.0538. The average Bonchev–Trinajstić information content (AvgIpc) is 2.01. The highest BCUT2D eigenvalue weighted by Gasteiger charge is 2.10. The summed E-state index contributed by atoms with van der Waals surface area (Å²) in [6, 6.07) is -0.0240. The topological polar surface area (TPSA) is 84.2 Å². The van der Waals surface area contributed by atoms with Gasteiger partial charge in [-0.1, -0.05) is 6.92 Å². The molecule has 86 valence electrons. The minimum absolute atomic E-state index is 0.0664. The first-order valence-electron chi connectivity index (χ1n) is 4.90. The molecular weight excluding hydrogens is 202 g/mol. The standard InChI is InChI=1S/C8H21N3O2S/c1-4-8(9)5-6-10-14(12,13)11-7(2)3/h7-8,10-11H,4-6,9H2,1-3H3. The summed E-state index contributed by atoms with van der Waals surface area (Å²) in [7, 11) is -3.34. The monoisotopic (exact) mass is 223 g/mol. The third-order valence-electron chi connectivity index (χ3n) is 1.72. The van der Waals surface area contributed by atoms with Crippen molar-refractivity contribution < 1.29 is 8.42 Å². The van der Waals surface area contributed by atoms with Gasteiger partial charge in [-0.15, -0.1) is 0 Å². The van der Waals surface area contributed by atoms with Crippen LogP contribution in [0.15, 0.2) is 0 Å². The van der Waals surface area contributed by atoms with Crippen LogP contribution in [0.3, 0.4) is 0 Å². The minimum Gasteiger partial charge on any atom is -0.328 e. The molecule has 0 aliphatic heterocycles. The molecule has 0 spiro atoms. The lowest BCUT2D eigenvalue weighted by Gasteiger charge is -2.12. The summed E-state index contributed by atoms with van der Waals surface area (Å²) >= 11 is 0. The molecule has 0 aromatic carbocycles. The zero-order valence-corrected chi connectivity index (χ0v) is 9.89. The normalized spacial score (nSPS) is 14.6. The first-order chi connectivity index (χ1) is 6.37. The van der Waals surface area contributed by atoms with E-state index in [1.807, 2.05) is 6.92 Å². The Bertz CT molecular complexity index is 239. The molecule has 1 unspecified atom stereocenters. The van der Waals surface area contributed by atoms with E-state index in [1.54, 1.807) is 13.8 Å². The predicted molar refractivity (Wildman–Crippen MR) is 58.1 cm³/mol. The Morgan fingerprint density at radius 3 is 2.36 bits per heavy atom. The van der Waals surface area contributed by atoms with Gasteiger partial charge >= 0.3 is 0 Å². The summed E-state index contributed by atoms with van der Waals surface area (Å²) in [6.45, 7) is 5.91. The first kappa shape index (κ1) is 13.8. The summed E-state index contributed by atoms with van der Waals surface area (Å²) in [4.78, 5) is 0. The largest absolute Gasteiger partial charge is 0.328 e. The molecule has 0 aliphatic rings. The highest BCUT2D eigenvalue weighted by atomic mass is 32.2. The zero-order chi connectivity index (χ0) is 11.2. The van der Waals surface area contributed by atoms with Gasteiger partial charge in [0, 0.05) is 18.6 Å². The fourth-order valence-electron chi connectivity index (χ4n) is 0.935. The number of hydrogen-bond acceptors (Lipinski definition) is 3. The summed E-state index contributed by atoms with van der Waals surface area (Å²) in [5.74, 6) is 0. The Labute approximate surface area is 86.6 Å². The molecule has 6 heteroatoms. The van der Waals surface area contributed by atoms with Crippen molar-refractivity contribution in [1.82, 2.24) is 9.44 Å². The van der Waals surface area contributed by atoms with E-state index in [-0.39, 0.29) is 12.1 Å². The maximum atomic E-state index is 11.2. The number of nitrogens with one attached hydrogen (secondary N) is 2. The van der Waals surface area contributed by atoms with Crippen LogP contribution in [-0.4, -0.2) is 27.0 Å². The van der Waals surface area contributed by atoms with Gasteiger partial charge in [-0.2, -0.15) is 13.1 Å². The van der Waals surface area contributed by atoms with Crippen LogP contribution in [0.1, 0.15) is 33.6 Å². The molecule has 0 rings (SSSR count). The van der Waals surface area contributed by atoms with E-state index < -0.39 is 10.2 Å². The lowest BCUT2D eigenvalue weighted by atomic mass is 10.2. The van der Waals surface area contributed by atoms with Crippen molar-refractivity contribution in [2.45, 2.75) is 45.7 Å². The quantitative estimate of drug-likeness (QED) is 0.565.